The van der Waals surface area contributed by atoms with E-state index in [1.807, 2.05) is 0 Å². The van der Waals surface area contributed by atoms with E-state index in [0.717, 1.165) is 11.5 Å². The second-order valence-electron chi connectivity index (χ2n) is 5.49. The van der Waals surface area contributed by atoms with Crippen LogP contribution in [0.2, 0.25) is 0 Å². The summed E-state index contributed by atoms with van der Waals surface area (Å²) >= 11 is 0. The smallest absolute Gasteiger partial charge is 0.0914 e. The van der Waals surface area contributed by atoms with Crippen molar-refractivity contribution in [1.29, 1.82) is 0 Å². The lowest BCUT2D eigenvalue weighted by Gasteiger charge is -2.26. The molecule has 1 atom stereocenters. The SMILES string of the molecule is OC(CNC1CC1)c1ccc(C2CCC2)cc1. The molecular weight excluding hydrogens is 210 g/mol. The van der Waals surface area contributed by atoms with Gasteiger partial charge in [-0.3, -0.25) is 0 Å². The Hall–Kier alpha value is -0.860. The van der Waals surface area contributed by atoms with Gasteiger partial charge in [0.2, 0.25) is 0 Å². The van der Waals surface area contributed by atoms with E-state index in [2.05, 4.69) is 29.6 Å². The molecule has 0 spiro atoms. The topological polar surface area (TPSA) is 32.3 Å². The Bertz CT molecular complexity index is 365. The molecule has 2 nitrogen and oxygen atoms in total. The maximum Gasteiger partial charge on any atom is 0.0914 e. The molecule has 2 N–H and O–H groups in total. The van der Waals surface area contributed by atoms with E-state index in [4.69, 9.17) is 0 Å². The fourth-order valence-corrected chi connectivity index (χ4v) is 2.42. The van der Waals surface area contributed by atoms with Gasteiger partial charge in [-0.15, -0.1) is 0 Å². The normalized spacial score (nSPS) is 22.2. The van der Waals surface area contributed by atoms with Gasteiger partial charge >= 0.3 is 0 Å². The Balaban J connectivity index is 1.57. The summed E-state index contributed by atoms with van der Waals surface area (Å²) in [6, 6.07) is 9.23. The van der Waals surface area contributed by atoms with Crippen molar-refractivity contribution >= 4 is 0 Å². The standard InChI is InChI=1S/C15H21NO/c17-15(10-16-14-8-9-14)13-6-4-12(5-7-13)11-2-1-3-11/h4-7,11,14-17H,1-3,8-10H2. The maximum absolute atomic E-state index is 10.0. The van der Waals surface area contributed by atoms with Crippen LogP contribution in [0.3, 0.4) is 0 Å². The summed E-state index contributed by atoms with van der Waals surface area (Å²) < 4.78 is 0. The molecule has 0 amide bonds. The highest BCUT2D eigenvalue weighted by molar-refractivity contribution is 5.28. The molecule has 2 saturated carbocycles. The molecule has 0 aliphatic heterocycles. The minimum atomic E-state index is -0.356. The first kappa shape index (κ1) is 11.2. The van der Waals surface area contributed by atoms with E-state index >= 15 is 0 Å². The fourth-order valence-electron chi connectivity index (χ4n) is 2.42. The van der Waals surface area contributed by atoms with Crippen molar-refractivity contribution in [3.8, 4) is 0 Å². The average Bonchev–Trinajstić information content (AvgIpc) is 3.08. The maximum atomic E-state index is 10.0. The van der Waals surface area contributed by atoms with E-state index in [1.54, 1.807) is 0 Å². The van der Waals surface area contributed by atoms with E-state index in [1.165, 1.54) is 37.7 Å². The van der Waals surface area contributed by atoms with Gasteiger partial charge in [0, 0.05) is 12.6 Å². The first-order valence-corrected chi connectivity index (χ1v) is 6.84. The van der Waals surface area contributed by atoms with Gasteiger partial charge < -0.3 is 10.4 Å². The highest BCUT2D eigenvalue weighted by Gasteiger charge is 2.22. The van der Waals surface area contributed by atoms with Crippen molar-refractivity contribution in [1.82, 2.24) is 5.32 Å². The zero-order valence-electron chi connectivity index (χ0n) is 10.2. The quantitative estimate of drug-likeness (QED) is 0.816. The van der Waals surface area contributed by atoms with Crippen molar-refractivity contribution in [2.45, 2.75) is 50.2 Å². The van der Waals surface area contributed by atoms with Gasteiger partial charge in [-0.2, -0.15) is 0 Å². The lowest BCUT2D eigenvalue weighted by Crippen LogP contribution is -2.23. The number of aliphatic hydroxyl groups excluding tert-OH is 1. The first-order valence-electron chi connectivity index (χ1n) is 6.84. The third-order valence-corrected chi connectivity index (χ3v) is 4.08. The summed E-state index contributed by atoms with van der Waals surface area (Å²) in [7, 11) is 0. The van der Waals surface area contributed by atoms with E-state index in [0.29, 0.717) is 12.6 Å². The average molecular weight is 231 g/mol. The van der Waals surface area contributed by atoms with Gasteiger partial charge in [-0.05, 0) is 42.7 Å². The van der Waals surface area contributed by atoms with Gasteiger partial charge in [0.25, 0.3) is 0 Å². The van der Waals surface area contributed by atoms with Crippen LogP contribution < -0.4 is 5.32 Å². The number of rotatable bonds is 5. The Labute approximate surface area is 103 Å². The fraction of sp³-hybridized carbons (Fsp3) is 0.600. The third kappa shape index (κ3) is 2.70. The number of hydrogen-bond donors (Lipinski definition) is 2. The van der Waals surface area contributed by atoms with E-state index in [9.17, 15) is 5.11 Å². The zero-order valence-corrected chi connectivity index (χ0v) is 10.2. The molecule has 0 bridgehead atoms. The van der Waals surface area contributed by atoms with Crippen molar-refractivity contribution in [2.24, 2.45) is 0 Å². The molecule has 0 saturated heterocycles. The summed E-state index contributed by atoms with van der Waals surface area (Å²) in [5.74, 6) is 0.783. The van der Waals surface area contributed by atoms with Gasteiger partial charge in [0.1, 0.15) is 0 Å². The number of benzene rings is 1. The zero-order chi connectivity index (χ0) is 11.7. The summed E-state index contributed by atoms with van der Waals surface area (Å²) in [5, 5.41) is 13.4. The molecule has 2 aliphatic carbocycles. The number of nitrogens with one attached hydrogen (secondary N) is 1. The molecule has 2 heteroatoms. The highest BCUT2D eigenvalue weighted by atomic mass is 16.3. The minimum absolute atomic E-state index is 0.356. The molecule has 1 aromatic rings. The molecule has 0 radical (unpaired) electrons. The molecule has 1 aromatic carbocycles. The third-order valence-electron chi connectivity index (χ3n) is 4.08. The largest absolute Gasteiger partial charge is 0.387 e. The van der Waals surface area contributed by atoms with Crippen molar-refractivity contribution in [2.75, 3.05) is 6.54 Å². The molecule has 0 heterocycles. The molecule has 2 fully saturated rings. The molecule has 2 aliphatic rings. The lowest BCUT2D eigenvalue weighted by molar-refractivity contribution is 0.174. The van der Waals surface area contributed by atoms with Crippen LogP contribution in [0, 0.1) is 0 Å². The van der Waals surface area contributed by atoms with Gasteiger partial charge in [0.15, 0.2) is 0 Å². The predicted octanol–water partition coefficient (Wildman–Crippen LogP) is 2.74. The van der Waals surface area contributed by atoms with Crippen molar-refractivity contribution < 1.29 is 5.11 Å². The highest BCUT2D eigenvalue weighted by Crippen LogP contribution is 2.36. The van der Waals surface area contributed by atoms with Crippen LogP contribution in [0.15, 0.2) is 24.3 Å². The summed E-state index contributed by atoms with van der Waals surface area (Å²) in [6.45, 7) is 0.688. The van der Waals surface area contributed by atoms with Gasteiger partial charge in [-0.1, -0.05) is 30.7 Å². The van der Waals surface area contributed by atoms with E-state index < -0.39 is 0 Å². The molecular formula is C15H21NO. The molecule has 17 heavy (non-hydrogen) atoms. The molecule has 0 aromatic heterocycles. The Morgan fingerprint density at radius 3 is 2.35 bits per heavy atom. The Kier molecular flexibility index (Phi) is 3.17. The minimum Gasteiger partial charge on any atom is -0.387 e. The van der Waals surface area contributed by atoms with Crippen LogP contribution in [0.4, 0.5) is 0 Å². The van der Waals surface area contributed by atoms with E-state index in [-0.39, 0.29) is 6.10 Å². The van der Waals surface area contributed by atoms with Crippen LogP contribution >= 0.6 is 0 Å². The molecule has 3 rings (SSSR count). The summed E-state index contributed by atoms with van der Waals surface area (Å²) in [6.07, 6.45) is 6.24. The lowest BCUT2D eigenvalue weighted by atomic mass is 9.80. The molecule has 1 unspecified atom stereocenters. The van der Waals surface area contributed by atoms with Gasteiger partial charge in [0.05, 0.1) is 6.10 Å². The van der Waals surface area contributed by atoms with Crippen LogP contribution in [-0.4, -0.2) is 17.7 Å². The second-order valence-corrected chi connectivity index (χ2v) is 5.49. The van der Waals surface area contributed by atoms with Crippen molar-refractivity contribution in [3.63, 3.8) is 0 Å². The van der Waals surface area contributed by atoms with Gasteiger partial charge in [-0.25, -0.2) is 0 Å². The summed E-state index contributed by atoms with van der Waals surface area (Å²) in [5.41, 5.74) is 2.49. The number of hydrogen-bond acceptors (Lipinski definition) is 2. The van der Waals surface area contributed by atoms with Crippen LogP contribution in [-0.2, 0) is 0 Å². The Morgan fingerprint density at radius 1 is 1.12 bits per heavy atom. The van der Waals surface area contributed by atoms with Crippen molar-refractivity contribution in [3.05, 3.63) is 35.4 Å². The Morgan fingerprint density at radius 2 is 1.82 bits per heavy atom. The number of aliphatic hydroxyl groups is 1. The second kappa shape index (κ2) is 4.79. The van der Waals surface area contributed by atoms with Crippen LogP contribution in [0.5, 0.6) is 0 Å². The summed E-state index contributed by atoms with van der Waals surface area (Å²) in [4.78, 5) is 0. The van der Waals surface area contributed by atoms with Crippen LogP contribution in [0.1, 0.15) is 55.3 Å². The predicted molar refractivity (Wildman–Crippen MR) is 69.0 cm³/mol. The molecule has 92 valence electrons. The first-order chi connectivity index (χ1) is 8.33. The van der Waals surface area contributed by atoms with Crippen LogP contribution in [0.25, 0.3) is 0 Å². The monoisotopic (exact) mass is 231 g/mol.